The number of halogens is 3. The lowest BCUT2D eigenvalue weighted by Crippen LogP contribution is -2.41. The van der Waals surface area contributed by atoms with Gasteiger partial charge in [-0.25, -0.2) is 8.42 Å². The van der Waals surface area contributed by atoms with Crippen molar-refractivity contribution in [2.75, 3.05) is 25.0 Å². The number of carbonyl (C=O) groups is 1. The monoisotopic (exact) mass is 484 g/mol. The molecule has 0 spiro atoms. The molecule has 6 nitrogen and oxygen atoms in total. The van der Waals surface area contributed by atoms with Gasteiger partial charge in [0.2, 0.25) is 15.9 Å². The van der Waals surface area contributed by atoms with Crippen molar-refractivity contribution in [1.29, 1.82) is 0 Å². The molecule has 1 aliphatic heterocycles. The van der Waals surface area contributed by atoms with Gasteiger partial charge in [0.05, 0.1) is 22.8 Å². The number of amides is 1. The number of sulfonamides is 1. The zero-order valence-electron chi connectivity index (χ0n) is 18.3. The van der Waals surface area contributed by atoms with Gasteiger partial charge in [0.25, 0.3) is 0 Å². The standard InChI is InChI=1S/C23H27F3N2O4S/c1-2-3-15-32-21-10-5-4-9-20(21)27-22(29)17-11-13-28(14-12-17)33(30,31)19-8-6-7-18(16-19)23(24,25)26/h4-10,16-17H,2-3,11-15H2,1H3,(H,27,29). The Hall–Kier alpha value is -2.59. The summed E-state index contributed by atoms with van der Waals surface area (Å²) in [4.78, 5) is 12.4. The van der Waals surface area contributed by atoms with Gasteiger partial charge in [-0.05, 0) is 49.6 Å². The minimum Gasteiger partial charge on any atom is -0.491 e. The summed E-state index contributed by atoms with van der Waals surface area (Å²) in [5.41, 5.74) is -0.463. The van der Waals surface area contributed by atoms with Crippen molar-refractivity contribution in [2.24, 2.45) is 5.92 Å². The van der Waals surface area contributed by atoms with Crippen molar-refractivity contribution >= 4 is 21.6 Å². The number of benzene rings is 2. The van der Waals surface area contributed by atoms with Crippen LogP contribution in [0.15, 0.2) is 53.4 Å². The molecule has 0 bridgehead atoms. The number of nitrogens with one attached hydrogen (secondary N) is 1. The minimum atomic E-state index is -4.63. The van der Waals surface area contributed by atoms with Crippen LogP contribution >= 0.6 is 0 Å². The zero-order valence-corrected chi connectivity index (χ0v) is 19.1. The van der Waals surface area contributed by atoms with Gasteiger partial charge in [-0.2, -0.15) is 17.5 Å². The number of alkyl halides is 3. The van der Waals surface area contributed by atoms with Crippen LogP contribution in [0.1, 0.15) is 38.2 Å². The van der Waals surface area contributed by atoms with Gasteiger partial charge in [-0.3, -0.25) is 4.79 Å². The third-order valence-corrected chi connectivity index (χ3v) is 7.42. The predicted molar refractivity (Wildman–Crippen MR) is 118 cm³/mol. The smallest absolute Gasteiger partial charge is 0.416 e. The van der Waals surface area contributed by atoms with E-state index in [1.807, 2.05) is 6.07 Å². The van der Waals surface area contributed by atoms with Crippen LogP contribution in [0.5, 0.6) is 5.75 Å². The first kappa shape index (κ1) is 25.0. The SMILES string of the molecule is CCCCOc1ccccc1NC(=O)C1CCN(S(=O)(=O)c2cccc(C(F)(F)F)c2)CC1. The van der Waals surface area contributed by atoms with Gasteiger partial charge in [-0.15, -0.1) is 0 Å². The van der Waals surface area contributed by atoms with Crippen LogP contribution in [0.2, 0.25) is 0 Å². The summed E-state index contributed by atoms with van der Waals surface area (Å²) in [6, 6.07) is 10.8. The molecular weight excluding hydrogens is 457 g/mol. The summed E-state index contributed by atoms with van der Waals surface area (Å²) < 4.78 is 71.5. The molecule has 10 heteroatoms. The molecule has 180 valence electrons. The minimum absolute atomic E-state index is 0.0469. The van der Waals surface area contributed by atoms with Crippen LogP contribution in [-0.2, 0) is 21.0 Å². The predicted octanol–water partition coefficient (Wildman–Crippen LogP) is 4.92. The van der Waals surface area contributed by atoms with E-state index < -0.39 is 32.6 Å². The quantitative estimate of drug-likeness (QED) is 0.540. The number of hydrogen-bond donors (Lipinski definition) is 1. The van der Waals surface area contributed by atoms with E-state index in [1.54, 1.807) is 18.2 Å². The van der Waals surface area contributed by atoms with E-state index >= 15 is 0 Å². The second-order valence-electron chi connectivity index (χ2n) is 7.89. The molecule has 2 aromatic carbocycles. The number of carbonyl (C=O) groups excluding carboxylic acids is 1. The van der Waals surface area contributed by atoms with Crippen LogP contribution in [0.4, 0.5) is 18.9 Å². The second kappa shape index (κ2) is 10.6. The molecule has 3 rings (SSSR count). The van der Waals surface area contributed by atoms with Gasteiger partial charge >= 0.3 is 6.18 Å². The summed E-state index contributed by atoms with van der Waals surface area (Å²) in [6.45, 7) is 2.68. The van der Waals surface area contributed by atoms with E-state index in [1.165, 1.54) is 0 Å². The number of unbranched alkanes of at least 4 members (excludes halogenated alkanes) is 1. The number of nitrogens with zero attached hydrogens (tertiary/aromatic N) is 1. The zero-order chi connectivity index (χ0) is 24.1. The highest BCUT2D eigenvalue weighted by molar-refractivity contribution is 7.89. The highest BCUT2D eigenvalue weighted by Gasteiger charge is 2.35. The number of ether oxygens (including phenoxy) is 1. The highest BCUT2D eigenvalue weighted by atomic mass is 32.2. The molecule has 1 saturated heterocycles. The largest absolute Gasteiger partial charge is 0.491 e. The molecule has 0 saturated carbocycles. The highest BCUT2D eigenvalue weighted by Crippen LogP contribution is 2.32. The first-order chi connectivity index (χ1) is 15.6. The van der Waals surface area contributed by atoms with E-state index in [-0.39, 0.29) is 31.8 Å². The van der Waals surface area contributed by atoms with Gasteiger partial charge in [0.1, 0.15) is 5.75 Å². The lowest BCUT2D eigenvalue weighted by Gasteiger charge is -2.30. The van der Waals surface area contributed by atoms with Crippen LogP contribution in [0.25, 0.3) is 0 Å². The Balaban J connectivity index is 1.63. The van der Waals surface area contributed by atoms with Crippen LogP contribution < -0.4 is 10.1 Å². The van der Waals surface area contributed by atoms with Crippen molar-refractivity contribution in [3.05, 3.63) is 54.1 Å². The van der Waals surface area contributed by atoms with Crippen molar-refractivity contribution in [3.8, 4) is 5.75 Å². The Kier molecular flexibility index (Phi) is 8.01. The van der Waals surface area contributed by atoms with E-state index in [0.29, 0.717) is 24.1 Å². The maximum atomic E-state index is 13.0. The molecule has 0 atom stereocenters. The summed E-state index contributed by atoms with van der Waals surface area (Å²) in [6.07, 6.45) is -2.23. The fourth-order valence-electron chi connectivity index (χ4n) is 3.60. The summed E-state index contributed by atoms with van der Waals surface area (Å²) in [7, 11) is -4.09. The molecule has 0 aromatic heterocycles. The second-order valence-corrected chi connectivity index (χ2v) is 9.83. The topological polar surface area (TPSA) is 75.7 Å². The van der Waals surface area contributed by atoms with Crippen molar-refractivity contribution in [2.45, 2.75) is 43.7 Å². The van der Waals surface area contributed by atoms with Crippen LogP contribution in [0.3, 0.4) is 0 Å². The van der Waals surface area contributed by atoms with Gasteiger partial charge in [0.15, 0.2) is 0 Å². The molecule has 1 N–H and O–H groups in total. The van der Waals surface area contributed by atoms with Crippen molar-refractivity contribution in [3.63, 3.8) is 0 Å². The molecule has 1 fully saturated rings. The average molecular weight is 485 g/mol. The third-order valence-electron chi connectivity index (χ3n) is 5.52. The van der Waals surface area contributed by atoms with Crippen LogP contribution in [-0.4, -0.2) is 38.3 Å². The molecule has 1 heterocycles. The summed E-state index contributed by atoms with van der Waals surface area (Å²) >= 11 is 0. The lowest BCUT2D eigenvalue weighted by atomic mass is 9.97. The number of piperidine rings is 1. The molecule has 33 heavy (non-hydrogen) atoms. The maximum absolute atomic E-state index is 13.0. The van der Waals surface area contributed by atoms with E-state index in [0.717, 1.165) is 35.3 Å². The number of anilines is 1. The molecule has 0 unspecified atom stereocenters. The molecule has 0 radical (unpaired) electrons. The van der Waals surface area contributed by atoms with E-state index in [9.17, 15) is 26.4 Å². The van der Waals surface area contributed by atoms with Gasteiger partial charge in [-0.1, -0.05) is 31.5 Å². The summed E-state index contributed by atoms with van der Waals surface area (Å²) in [5.74, 6) is -0.0804. The van der Waals surface area contributed by atoms with E-state index in [4.69, 9.17) is 4.74 Å². The summed E-state index contributed by atoms with van der Waals surface area (Å²) in [5, 5.41) is 2.86. The lowest BCUT2D eigenvalue weighted by molar-refractivity contribution is -0.137. The first-order valence-corrected chi connectivity index (χ1v) is 12.3. The molecular formula is C23H27F3N2O4S. The number of hydrogen-bond acceptors (Lipinski definition) is 4. The molecule has 0 aliphatic carbocycles. The Bertz CT molecular complexity index is 1070. The molecule has 1 aliphatic rings. The molecule has 2 aromatic rings. The average Bonchev–Trinajstić information content (AvgIpc) is 2.80. The van der Waals surface area contributed by atoms with Gasteiger partial charge < -0.3 is 10.1 Å². The Morgan fingerprint density at radius 2 is 1.82 bits per heavy atom. The van der Waals surface area contributed by atoms with Gasteiger partial charge in [0, 0.05) is 19.0 Å². The number of rotatable bonds is 8. The normalized spacial score (nSPS) is 15.9. The van der Waals surface area contributed by atoms with Crippen molar-refractivity contribution < 1.29 is 31.1 Å². The Morgan fingerprint density at radius 1 is 1.12 bits per heavy atom. The Morgan fingerprint density at radius 3 is 2.48 bits per heavy atom. The fraction of sp³-hybridized carbons (Fsp3) is 0.435. The maximum Gasteiger partial charge on any atom is 0.416 e. The fourth-order valence-corrected chi connectivity index (χ4v) is 5.11. The van der Waals surface area contributed by atoms with Crippen molar-refractivity contribution in [1.82, 2.24) is 4.31 Å². The third kappa shape index (κ3) is 6.26. The van der Waals surface area contributed by atoms with Crippen LogP contribution in [0, 0.1) is 5.92 Å². The number of para-hydroxylation sites is 2. The molecule has 1 amide bonds. The van der Waals surface area contributed by atoms with E-state index in [2.05, 4.69) is 12.2 Å². The Labute approximate surface area is 191 Å². The first-order valence-electron chi connectivity index (χ1n) is 10.8.